The molecule has 0 heterocycles. The van der Waals surface area contributed by atoms with Gasteiger partial charge in [0.05, 0.1) is 0 Å². The average molecular weight is 304 g/mol. The van der Waals surface area contributed by atoms with Gasteiger partial charge in [-0.3, -0.25) is 0 Å². The lowest BCUT2D eigenvalue weighted by molar-refractivity contribution is 0.0854. The van der Waals surface area contributed by atoms with E-state index in [2.05, 4.69) is 31.2 Å². The van der Waals surface area contributed by atoms with Crippen LogP contribution in [-0.4, -0.2) is 23.4 Å². The number of hydrogen-bond donors (Lipinski definition) is 2. The Morgan fingerprint density at radius 1 is 0.955 bits per heavy atom. The highest BCUT2D eigenvalue weighted by molar-refractivity contribution is 5.26. The van der Waals surface area contributed by atoms with E-state index in [9.17, 15) is 10.2 Å². The van der Waals surface area contributed by atoms with E-state index in [1.807, 2.05) is 0 Å². The van der Waals surface area contributed by atoms with Crippen LogP contribution >= 0.6 is 0 Å². The van der Waals surface area contributed by atoms with Crippen molar-refractivity contribution in [3.63, 3.8) is 0 Å². The molecule has 0 amide bonds. The number of hydrogen-bond acceptors (Lipinski definition) is 2. The lowest BCUT2D eigenvalue weighted by atomic mass is 9.74. The summed E-state index contributed by atoms with van der Waals surface area (Å²) in [5.74, 6) is 1.25. The first-order valence-corrected chi connectivity index (χ1v) is 9.09. The fraction of sp³-hybridized carbons (Fsp3) is 0.700. The molecule has 2 nitrogen and oxygen atoms in total. The van der Waals surface area contributed by atoms with Gasteiger partial charge in [-0.2, -0.15) is 0 Å². The molecule has 1 aromatic carbocycles. The monoisotopic (exact) mass is 304 g/mol. The summed E-state index contributed by atoms with van der Waals surface area (Å²) in [4.78, 5) is 0. The molecular formula is C20H32O2. The van der Waals surface area contributed by atoms with E-state index in [1.54, 1.807) is 0 Å². The fourth-order valence-electron chi connectivity index (χ4n) is 3.82. The van der Waals surface area contributed by atoms with Crippen LogP contribution in [0.5, 0.6) is 0 Å². The van der Waals surface area contributed by atoms with Crippen molar-refractivity contribution in [2.45, 2.75) is 64.2 Å². The zero-order valence-corrected chi connectivity index (χ0v) is 14.0. The molecule has 1 aromatic rings. The molecule has 124 valence electrons. The maximum atomic E-state index is 9.32. The molecule has 2 rings (SSSR count). The van der Waals surface area contributed by atoms with Gasteiger partial charge in [0.1, 0.15) is 0 Å². The molecule has 22 heavy (non-hydrogen) atoms. The van der Waals surface area contributed by atoms with Gasteiger partial charge in [-0.1, -0.05) is 44.0 Å². The highest BCUT2D eigenvalue weighted by atomic mass is 16.3. The third-order valence-corrected chi connectivity index (χ3v) is 5.43. The predicted molar refractivity (Wildman–Crippen MR) is 92.0 cm³/mol. The number of rotatable bonds is 8. The Kier molecular flexibility index (Phi) is 7.41. The minimum Gasteiger partial charge on any atom is -0.396 e. The second kappa shape index (κ2) is 9.32. The van der Waals surface area contributed by atoms with E-state index in [0.717, 1.165) is 12.8 Å². The van der Waals surface area contributed by atoms with E-state index in [1.165, 1.54) is 49.7 Å². The molecule has 0 saturated heterocycles. The number of unbranched alkanes of at least 4 members (excludes halogenated alkanes) is 2. The van der Waals surface area contributed by atoms with E-state index < -0.39 is 0 Å². The molecule has 1 fully saturated rings. The molecule has 1 saturated carbocycles. The highest BCUT2D eigenvalue weighted by Crippen LogP contribution is 2.38. The summed E-state index contributed by atoms with van der Waals surface area (Å²) in [6.45, 7) is 2.49. The second-order valence-electron chi connectivity index (χ2n) is 6.94. The van der Waals surface area contributed by atoms with Gasteiger partial charge in [-0.05, 0) is 61.5 Å². The lowest BCUT2D eigenvalue weighted by Gasteiger charge is -2.32. The molecule has 2 heteroatoms. The van der Waals surface area contributed by atoms with Crippen molar-refractivity contribution >= 4 is 0 Å². The number of aliphatic hydroxyl groups is 2. The van der Waals surface area contributed by atoms with Gasteiger partial charge < -0.3 is 10.2 Å². The van der Waals surface area contributed by atoms with Crippen LogP contribution in [0.3, 0.4) is 0 Å². The normalized spacial score (nSPS) is 22.2. The van der Waals surface area contributed by atoms with Gasteiger partial charge in [0.2, 0.25) is 0 Å². The van der Waals surface area contributed by atoms with Gasteiger partial charge in [0.25, 0.3) is 0 Å². The molecular weight excluding hydrogens is 272 g/mol. The molecule has 1 aliphatic carbocycles. The quantitative estimate of drug-likeness (QED) is 0.703. The standard InChI is InChI=1S/C20H32O2/c1-2-3-4-5-16-6-8-17(9-7-16)18-10-12-19(13-11-18)20(14-21)15-22/h6-9,18-22H,2-5,10-15H2,1H3. The molecule has 0 radical (unpaired) electrons. The van der Waals surface area contributed by atoms with Crippen molar-refractivity contribution in [3.8, 4) is 0 Å². The number of aliphatic hydroxyl groups excluding tert-OH is 2. The Labute approximate surface area is 135 Å². The smallest absolute Gasteiger partial charge is 0.0483 e. The molecule has 2 N–H and O–H groups in total. The second-order valence-corrected chi connectivity index (χ2v) is 6.94. The van der Waals surface area contributed by atoms with Crippen LogP contribution in [-0.2, 0) is 6.42 Å². The van der Waals surface area contributed by atoms with Gasteiger partial charge >= 0.3 is 0 Å². The third-order valence-electron chi connectivity index (χ3n) is 5.43. The van der Waals surface area contributed by atoms with Crippen molar-refractivity contribution < 1.29 is 10.2 Å². The Hall–Kier alpha value is -0.860. The number of aryl methyl sites for hydroxylation is 1. The van der Waals surface area contributed by atoms with E-state index in [4.69, 9.17) is 0 Å². The van der Waals surface area contributed by atoms with E-state index >= 15 is 0 Å². The first kappa shape index (κ1) is 17.5. The molecule has 0 aliphatic heterocycles. The fourth-order valence-corrected chi connectivity index (χ4v) is 3.82. The Morgan fingerprint density at radius 3 is 2.14 bits per heavy atom. The van der Waals surface area contributed by atoms with Gasteiger partial charge in [-0.15, -0.1) is 0 Å². The highest BCUT2D eigenvalue weighted by Gasteiger charge is 2.27. The zero-order chi connectivity index (χ0) is 15.8. The van der Waals surface area contributed by atoms with E-state index in [0.29, 0.717) is 11.8 Å². The van der Waals surface area contributed by atoms with Crippen molar-refractivity contribution in [3.05, 3.63) is 35.4 Å². The van der Waals surface area contributed by atoms with Gasteiger partial charge in [0.15, 0.2) is 0 Å². The number of benzene rings is 1. The average Bonchev–Trinajstić information content (AvgIpc) is 2.58. The van der Waals surface area contributed by atoms with Crippen LogP contribution in [0.15, 0.2) is 24.3 Å². The Morgan fingerprint density at radius 2 is 1.59 bits per heavy atom. The van der Waals surface area contributed by atoms with Crippen LogP contribution in [0.25, 0.3) is 0 Å². The SMILES string of the molecule is CCCCCc1ccc(C2CCC(C(CO)CO)CC2)cc1. The minimum absolute atomic E-state index is 0.0851. The molecule has 0 bridgehead atoms. The van der Waals surface area contributed by atoms with Crippen molar-refractivity contribution in [2.24, 2.45) is 11.8 Å². The zero-order valence-electron chi connectivity index (χ0n) is 14.0. The van der Waals surface area contributed by atoms with Crippen LogP contribution in [0, 0.1) is 11.8 Å². The summed E-state index contributed by atoms with van der Waals surface area (Å²) >= 11 is 0. The van der Waals surface area contributed by atoms with Gasteiger partial charge in [-0.25, -0.2) is 0 Å². The topological polar surface area (TPSA) is 40.5 Å². The van der Waals surface area contributed by atoms with Crippen LogP contribution in [0.1, 0.15) is 68.9 Å². The largest absolute Gasteiger partial charge is 0.396 e. The van der Waals surface area contributed by atoms with Gasteiger partial charge in [0, 0.05) is 19.1 Å². The maximum absolute atomic E-state index is 9.32. The van der Waals surface area contributed by atoms with E-state index in [-0.39, 0.29) is 19.1 Å². The summed E-state index contributed by atoms with van der Waals surface area (Å²) < 4.78 is 0. The molecule has 0 aromatic heterocycles. The Balaban J connectivity index is 1.83. The summed E-state index contributed by atoms with van der Waals surface area (Å²) in [5, 5.41) is 18.6. The molecule has 0 atom stereocenters. The maximum Gasteiger partial charge on any atom is 0.0483 e. The molecule has 1 aliphatic rings. The minimum atomic E-state index is 0.0851. The first-order valence-electron chi connectivity index (χ1n) is 9.09. The lowest BCUT2D eigenvalue weighted by Crippen LogP contribution is -2.26. The summed E-state index contributed by atoms with van der Waals surface area (Å²) in [6.07, 6.45) is 9.75. The predicted octanol–water partition coefficient (Wildman–Crippen LogP) is 4.29. The summed E-state index contributed by atoms with van der Waals surface area (Å²) in [5.41, 5.74) is 2.94. The summed E-state index contributed by atoms with van der Waals surface area (Å²) in [6, 6.07) is 9.26. The Bertz CT molecular complexity index is 400. The molecule has 0 unspecified atom stereocenters. The molecule has 0 spiro atoms. The van der Waals surface area contributed by atoms with Crippen molar-refractivity contribution in [1.29, 1.82) is 0 Å². The summed E-state index contributed by atoms with van der Waals surface area (Å²) in [7, 11) is 0. The first-order chi connectivity index (χ1) is 10.8. The van der Waals surface area contributed by atoms with Crippen molar-refractivity contribution in [2.75, 3.05) is 13.2 Å². The van der Waals surface area contributed by atoms with Crippen LogP contribution in [0.2, 0.25) is 0 Å². The third kappa shape index (κ3) is 4.82. The van der Waals surface area contributed by atoms with Crippen LogP contribution < -0.4 is 0 Å². The van der Waals surface area contributed by atoms with Crippen LogP contribution in [0.4, 0.5) is 0 Å². The van der Waals surface area contributed by atoms with Crippen molar-refractivity contribution in [1.82, 2.24) is 0 Å².